The highest BCUT2D eigenvalue weighted by Crippen LogP contribution is 2.22. The monoisotopic (exact) mass is 498 g/mol. The Hall–Kier alpha value is -2.46. The number of rotatable bonds is 6. The zero-order chi connectivity index (χ0) is 23.5. The van der Waals surface area contributed by atoms with E-state index in [1.54, 1.807) is 4.90 Å². The molecule has 1 amide bonds. The summed E-state index contributed by atoms with van der Waals surface area (Å²) in [5.41, 5.74) is 0.274. The summed E-state index contributed by atoms with van der Waals surface area (Å²) >= 11 is 11.8. The van der Waals surface area contributed by atoms with Gasteiger partial charge in [0.1, 0.15) is 0 Å². The number of halogens is 2. The lowest BCUT2D eigenvalue weighted by Crippen LogP contribution is -2.49. The van der Waals surface area contributed by atoms with E-state index < -0.39 is 28.4 Å². The summed E-state index contributed by atoms with van der Waals surface area (Å²) in [6, 6.07) is 9.61. The fraction of sp³-hybridized carbons (Fsp3) is 0.286. The molecule has 11 heteroatoms. The normalized spacial score (nSPS) is 14.8. The Balaban J connectivity index is 1.61. The van der Waals surface area contributed by atoms with Crippen LogP contribution in [0.5, 0.6) is 0 Å². The molecule has 0 bridgehead atoms. The van der Waals surface area contributed by atoms with Gasteiger partial charge in [-0.1, -0.05) is 23.2 Å². The van der Waals surface area contributed by atoms with Crippen LogP contribution < -0.4 is 0 Å². The van der Waals surface area contributed by atoms with Crippen molar-refractivity contribution in [1.82, 2.24) is 9.21 Å². The SMILES string of the molecule is CC(=O)N1CCN(S(=O)(=O)c2ccc(C(=O)OCC(=O)c3ccc(Cl)cc3Cl)cc2)CC1. The molecule has 1 fully saturated rings. The van der Waals surface area contributed by atoms with Crippen molar-refractivity contribution in [2.75, 3.05) is 32.8 Å². The predicted octanol–water partition coefficient (Wildman–Crippen LogP) is 2.89. The van der Waals surface area contributed by atoms with Gasteiger partial charge in [-0.2, -0.15) is 4.31 Å². The molecule has 1 heterocycles. The van der Waals surface area contributed by atoms with Crippen molar-refractivity contribution in [2.45, 2.75) is 11.8 Å². The second kappa shape index (κ2) is 9.99. The van der Waals surface area contributed by atoms with E-state index in [1.807, 2.05) is 0 Å². The van der Waals surface area contributed by atoms with Crippen LogP contribution in [0.15, 0.2) is 47.4 Å². The maximum absolute atomic E-state index is 12.8. The minimum Gasteiger partial charge on any atom is -0.454 e. The minimum absolute atomic E-state index is 0.0225. The molecule has 32 heavy (non-hydrogen) atoms. The summed E-state index contributed by atoms with van der Waals surface area (Å²) in [6.07, 6.45) is 0. The van der Waals surface area contributed by atoms with Crippen LogP contribution in [0.2, 0.25) is 10.0 Å². The van der Waals surface area contributed by atoms with E-state index in [4.69, 9.17) is 27.9 Å². The van der Waals surface area contributed by atoms with Gasteiger partial charge in [-0.05, 0) is 42.5 Å². The molecule has 1 aliphatic heterocycles. The largest absolute Gasteiger partial charge is 0.454 e. The van der Waals surface area contributed by atoms with Crippen molar-refractivity contribution in [3.63, 3.8) is 0 Å². The average Bonchev–Trinajstić information content (AvgIpc) is 2.77. The molecular formula is C21H20Cl2N2O6S. The number of Topliss-reactive ketones (excluding diaryl/α,β-unsaturated/α-hetero) is 1. The Morgan fingerprint density at radius 1 is 0.969 bits per heavy atom. The molecule has 8 nitrogen and oxygen atoms in total. The number of nitrogens with zero attached hydrogens (tertiary/aromatic N) is 2. The maximum Gasteiger partial charge on any atom is 0.338 e. The van der Waals surface area contributed by atoms with Gasteiger partial charge in [0.05, 0.1) is 15.5 Å². The van der Waals surface area contributed by atoms with Gasteiger partial charge in [-0.3, -0.25) is 9.59 Å². The van der Waals surface area contributed by atoms with Gasteiger partial charge in [0, 0.05) is 43.7 Å². The molecule has 0 N–H and O–H groups in total. The van der Waals surface area contributed by atoms with Gasteiger partial charge in [0.15, 0.2) is 6.61 Å². The average molecular weight is 499 g/mol. The van der Waals surface area contributed by atoms with Gasteiger partial charge in [-0.15, -0.1) is 0 Å². The summed E-state index contributed by atoms with van der Waals surface area (Å²) in [7, 11) is -3.76. The third kappa shape index (κ3) is 5.47. The molecule has 2 aromatic rings. The third-order valence-corrected chi connectivity index (χ3v) is 7.44. The van der Waals surface area contributed by atoms with E-state index in [-0.39, 0.29) is 40.0 Å². The van der Waals surface area contributed by atoms with Gasteiger partial charge in [-0.25, -0.2) is 13.2 Å². The molecule has 0 aliphatic carbocycles. The summed E-state index contributed by atoms with van der Waals surface area (Å²) < 4.78 is 32.0. The van der Waals surface area contributed by atoms with E-state index in [0.717, 1.165) is 0 Å². The van der Waals surface area contributed by atoms with E-state index in [9.17, 15) is 22.8 Å². The summed E-state index contributed by atoms with van der Waals surface area (Å²) in [4.78, 5) is 37.5. The predicted molar refractivity (Wildman–Crippen MR) is 119 cm³/mol. The molecule has 0 unspecified atom stereocenters. The number of piperazine rings is 1. The molecule has 0 atom stereocenters. The molecule has 2 aromatic carbocycles. The standard InChI is InChI=1S/C21H20Cl2N2O6S/c1-14(26)24-8-10-25(11-9-24)32(29,30)17-5-2-15(3-6-17)21(28)31-13-20(27)18-7-4-16(22)12-19(18)23/h2-7,12H,8-11,13H2,1H3. The van der Waals surface area contributed by atoms with Crippen LogP contribution in [0.25, 0.3) is 0 Å². The molecular weight excluding hydrogens is 479 g/mol. The first-order valence-electron chi connectivity index (χ1n) is 9.60. The number of esters is 1. The Labute approximate surface area is 195 Å². The lowest BCUT2D eigenvalue weighted by Gasteiger charge is -2.33. The zero-order valence-corrected chi connectivity index (χ0v) is 19.4. The van der Waals surface area contributed by atoms with Crippen LogP contribution in [0, 0.1) is 0 Å². The highest BCUT2D eigenvalue weighted by atomic mass is 35.5. The first kappa shape index (κ1) is 24.2. The molecule has 0 aromatic heterocycles. The lowest BCUT2D eigenvalue weighted by atomic mass is 10.1. The first-order valence-corrected chi connectivity index (χ1v) is 11.8. The van der Waals surface area contributed by atoms with Crippen LogP contribution in [0.3, 0.4) is 0 Å². The van der Waals surface area contributed by atoms with E-state index >= 15 is 0 Å². The number of hydrogen-bond acceptors (Lipinski definition) is 6. The Morgan fingerprint density at radius 2 is 1.59 bits per heavy atom. The second-order valence-corrected chi connectivity index (χ2v) is 9.84. The minimum atomic E-state index is -3.76. The summed E-state index contributed by atoms with van der Waals surface area (Å²) in [5.74, 6) is -1.37. The number of carbonyl (C=O) groups is 3. The number of ether oxygens (including phenoxy) is 1. The fourth-order valence-electron chi connectivity index (χ4n) is 3.16. The third-order valence-electron chi connectivity index (χ3n) is 4.98. The van der Waals surface area contributed by atoms with Crippen LogP contribution in [-0.2, 0) is 19.6 Å². The molecule has 0 spiro atoms. The van der Waals surface area contributed by atoms with Crippen LogP contribution in [0.1, 0.15) is 27.6 Å². The topological polar surface area (TPSA) is 101 Å². The van der Waals surface area contributed by atoms with Crippen LogP contribution in [-0.4, -0.2) is 68.1 Å². The van der Waals surface area contributed by atoms with Crippen molar-refractivity contribution in [3.05, 3.63) is 63.6 Å². The van der Waals surface area contributed by atoms with Crippen molar-refractivity contribution in [1.29, 1.82) is 0 Å². The van der Waals surface area contributed by atoms with Crippen molar-refractivity contribution in [3.8, 4) is 0 Å². The van der Waals surface area contributed by atoms with Crippen molar-refractivity contribution < 1.29 is 27.5 Å². The molecule has 170 valence electrons. The highest BCUT2D eigenvalue weighted by Gasteiger charge is 2.29. The molecule has 0 radical (unpaired) electrons. The maximum atomic E-state index is 12.8. The second-order valence-electron chi connectivity index (χ2n) is 7.06. The molecule has 0 saturated carbocycles. The fourth-order valence-corrected chi connectivity index (χ4v) is 5.10. The number of amides is 1. The smallest absolute Gasteiger partial charge is 0.338 e. The Bertz CT molecular complexity index is 1140. The van der Waals surface area contributed by atoms with Crippen LogP contribution in [0.4, 0.5) is 0 Å². The summed E-state index contributed by atoms with van der Waals surface area (Å²) in [6.45, 7) is 1.96. The van der Waals surface area contributed by atoms with Crippen LogP contribution >= 0.6 is 23.2 Å². The van der Waals surface area contributed by atoms with E-state index in [2.05, 4.69) is 0 Å². The van der Waals surface area contributed by atoms with Gasteiger partial charge >= 0.3 is 5.97 Å². The van der Waals surface area contributed by atoms with Gasteiger partial charge in [0.25, 0.3) is 0 Å². The Morgan fingerprint density at radius 3 is 2.16 bits per heavy atom. The number of carbonyl (C=O) groups excluding carboxylic acids is 3. The van der Waals surface area contributed by atoms with Gasteiger partial charge in [0.2, 0.25) is 21.7 Å². The summed E-state index contributed by atoms with van der Waals surface area (Å²) in [5, 5.41) is 0.525. The van der Waals surface area contributed by atoms with Gasteiger partial charge < -0.3 is 9.64 Å². The quantitative estimate of drug-likeness (QED) is 0.448. The highest BCUT2D eigenvalue weighted by molar-refractivity contribution is 7.89. The van der Waals surface area contributed by atoms with Crippen molar-refractivity contribution in [2.24, 2.45) is 0 Å². The zero-order valence-electron chi connectivity index (χ0n) is 17.1. The molecule has 1 aliphatic rings. The molecule has 1 saturated heterocycles. The molecule has 3 rings (SSSR count). The van der Waals surface area contributed by atoms with E-state index in [1.165, 1.54) is 53.7 Å². The number of hydrogen-bond donors (Lipinski definition) is 0. The number of benzene rings is 2. The Kier molecular flexibility index (Phi) is 7.55. The number of sulfonamides is 1. The van der Waals surface area contributed by atoms with Crippen molar-refractivity contribution >= 4 is 50.9 Å². The number of ketones is 1. The van der Waals surface area contributed by atoms with E-state index in [0.29, 0.717) is 18.1 Å². The first-order chi connectivity index (χ1) is 15.1. The lowest BCUT2D eigenvalue weighted by molar-refractivity contribution is -0.129.